The highest BCUT2D eigenvalue weighted by Gasteiger charge is 2.27. The van der Waals surface area contributed by atoms with Crippen molar-refractivity contribution in [1.29, 1.82) is 0 Å². The second-order valence-electron chi connectivity index (χ2n) is 2.74. The highest BCUT2D eigenvalue weighted by atomic mass is 16.2. The van der Waals surface area contributed by atoms with Crippen LogP contribution in [0.5, 0.6) is 0 Å². The van der Waals surface area contributed by atoms with Gasteiger partial charge < -0.3 is 10.3 Å². The quantitative estimate of drug-likeness (QED) is 0.621. The fraction of sp³-hybridized carbons (Fsp3) is 0.375. The summed E-state index contributed by atoms with van der Waals surface area (Å²) in [6.45, 7) is 2.06. The molecule has 0 saturated heterocycles. The van der Waals surface area contributed by atoms with Gasteiger partial charge in [-0.3, -0.25) is 4.79 Å². The smallest absolute Gasteiger partial charge is 0.253 e. The third-order valence-electron chi connectivity index (χ3n) is 2.09. The van der Waals surface area contributed by atoms with Gasteiger partial charge in [-0.1, -0.05) is 6.92 Å². The average molecular weight is 150 g/mol. The highest BCUT2D eigenvalue weighted by molar-refractivity contribution is 5.98. The Kier molecular flexibility index (Phi) is 1.24. The first-order chi connectivity index (χ1) is 5.33. The summed E-state index contributed by atoms with van der Waals surface area (Å²) in [7, 11) is 0. The van der Waals surface area contributed by atoms with E-state index >= 15 is 0 Å². The number of fused-ring (bicyclic) bond motifs is 1. The lowest BCUT2D eigenvalue weighted by atomic mass is 10.1. The van der Waals surface area contributed by atoms with Gasteiger partial charge in [0.2, 0.25) is 0 Å². The Morgan fingerprint density at radius 2 is 2.45 bits per heavy atom. The van der Waals surface area contributed by atoms with Gasteiger partial charge in [0, 0.05) is 6.20 Å². The van der Waals surface area contributed by atoms with E-state index in [2.05, 4.69) is 17.2 Å². The van der Waals surface area contributed by atoms with E-state index < -0.39 is 0 Å². The van der Waals surface area contributed by atoms with Crippen molar-refractivity contribution in [2.24, 2.45) is 0 Å². The van der Waals surface area contributed by atoms with E-state index in [0.29, 0.717) is 0 Å². The fourth-order valence-corrected chi connectivity index (χ4v) is 1.48. The van der Waals surface area contributed by atoms with E-state index in [9.17, 15) is 4.79 Å². The van der Waals surface area contributed by atoms with Gasteiger partial charge in [0.15, 0.2) is 0 Å². The average Bonchev–Trinajstić information content (AvgIpc) is 2.54. The van der Waals surface area contributed by atoms with Crippen molar-refractivity contribution in [2.45, 2.75) is 19.4 Å². The summed E-state index contributed by atoms with van der Waals surface area (Å²) in [4.78, 5) is 14.2. The van der Waals surface area contributed by atoms with E-state index in [-0.39, 0.29) is 11.9 Å². The minimum absolute atomic E-state index is 0.0492. The van der Waals surface area contributed by atoms with Gasteiger partial charge in [0.05, 0.1) is 17.3 Å². The molecule has 0 aromatic carbocycles. The van der Waals surface area contributed by atoms with Gasteiger partial charge in [-0.2, -0.15) is 0 Å². The summed E-state index contributed by atoms with van der Waals surface area (Å²) in [5, 5.41) is 2.88. The zero-order chi connectivity index (χ0) is 7.84. The molecule has 0 spiro atoms. The lowest BCUT2D eigenvalue weighted by molar-refractivity contribution is 0.0955. The van der Waals surface area contributed by atoms with E-state index in [1.54, 1.807) is 0 Å². The van der Waals surface area contributed by atoms with Crippen LogP contribution in [-0.2, 0) is 0 Å². The lowest BCUT2D eigenvalue weighted by Gasteiger charge is -2.05. The predicted molar refractivity (Wildman–Crippen MR) is 41.3 cm³/mol. The Bertz CT molecular complexity index is 290. The first-order valence-electron chi connectivity index (χ1n) is 3.81. The molecule has 1 aliphatic heterocycles. The Hall–Kier alpha value is -1.25. The molecule has 0 unspecified atom stereocenters. The van der Waals surface area contributed by atoms with Crippen LogP contribution in [0.4, 0.5) is 0 Å². The predicted octanol–water partition coefficient (Wildman–Crippen LogP) is 1.21. The first kappa shape index (κ1) is 6.46. The number of H-pyrrole nitrogens is 1. The van der Waals surface area contributed by atoms with Crippen LogP contribution in [-0.4, -0.2) is 10.9 Å². The molecule has 3 heteroatoms. The van der Waals surface area contributed by atoms with Crippen LogP contribution in [0.15, 0.2) is 12.3 Å². The van der Waals surface area contributed by atoms with Gasteiger partial charge in [-0.05, 0) is 12.5 Å². The van der Waals surface area contributed by atoms with Crippen molar-refractivity contribution in [2.75, 3.05) is 0 Å². The maximum absolute atomic E-state index is 11.2. The van der Waals surface area contributed by atoms with Crippen molar-refractivity contribution in [3.8, 4) is 0 Å². The van der Waals surface area contributed by atoms with Crippen molar-refractivity contribution in [3.63, 3.8) is 0 Å². The number of carbonyl (C=O) groups excluding carboxylic acids is 1. The van der Waals surface area contributed by atoms with Crippen LogP contribution in [0, 0.1) is 0 Å². The summed E-state index contributed by atoms with van der Waals surface area (Å²) < 4.78 is 0. The normalized spacial score (nSPS) is 21.5. The van der Waals surface area contributed by atoms with E-state index in [4.69, 9.17) is 0 Å². The Labute approximate surface area is 64.8 Å². The highest BCUT2D eigenvalue weighted by Crippen LogP contribution is 2.25. The third kappa shape index (κ3) is 0.770. The van der Waals surface area contributed by atoms with Gasteiger partial charge in [0.1, 0.15) is 0 Å². The summed E-state index contributed by atoms with van der Waals surface area (Å²) in [5.41, 5.74) is 1.84. The summed E-state index contributed by atoms with van der Waals surface area (Å²) >= 11 is 0. The van der Waals surface area contributed by atoms with E-state index in [1.807, 2.05) is 12.3 Å². The van der Waals surface area contributed by atoms with Gasteiger partial charge >= 0.3 is 0 Å². The van der Waals surface area contributed by atoms with Crippen molar-refractivity contribution >= 4 is 5.91 Å². The number of rotatable bonds is 1. The molecule has 2 N–H and O–H groups in total. The minimum Gasteiger partial charge on any atom is -0.363 e. The molecule has 1 atom stereocenters. The number of amides is 1. The Balaban J connectivity index is 2.45. The second-order valence-corrected chi connectivity index (χ2v) is 2.74. The molecule has 0 bridgehead atoms. The molecule has 58 valence electrons. The van der Waals surface area contributed by atoms with Crippen LogP contribution >= 0.6 is 0 Å². The number of aromatic nitrogens is 1. The molecular formula is C8H10N2O. The topological polar surface area (TPSA) is 44.9 Å². The third-order valence-corrected chi connectivity index (χ3v) is 2.09. The van der Waals surface area contributed by atoms with Crippen LogP contribution in [0.3, 0.4) is 0 Å². The SMILES string of the molecule is CC[C@H]1NC(=O)c2cc[nH]c21. The van der Waals surface area contributed by atoms with Gasteiger partial charge in [-0.25, -0.2) is 0 Å². The van der Waals surface area contributed by atoms with Crippen LogP contribution in [0.25, 0.3) is 0 Å². The van der Waals surface area contributed by atoms with E-state index in [0.717, 1.165) is 17.7 Å². The monoisotopic (exact) mass is 150 g/mol. The van der Waals surface area contributed by atoms with Crippen LogP contribution in [0.2, 0.25) is 0 Å². The molecule has 0 saturated carbocycles. The lowest BCUT2D eigenvalue weighted by Crippen LogP contribution is -2.18. The Morgan fingerprint density at radius 3 is 3.18 bits per heavy atom. The fourth-order valence-electron chi connectivity index (χ4n) is 1.48. The minimum atomic E-state index is 0.0492. The van der Waals surface area contributed by atoms with Crippen molar-refractivity contribution in [1.82, 2.24) is 10.3 Å². The van der Waals surface area contributed by atoms with Crippen molar-refractivity contribution < 1.29 is 4.79 Å². The molecule has 0 aliphatic carbocycles. The molecule has 0 radical (unpaired) electrons. The van der Waals surface area contributed by atoms with E-state index in [1.165, 1.54) is 0 Å². The zero-order valence-electron chi connectivity index (χ0n) is 6.35. The van der Waals surface area contributed by atoms with Crippen molar-refractivity contribution in [3.05, 3.63) is 23.5 Å². The molecule has 1 amide bonds. The standard InChI is InChI=1S/C8H10N2O/c1-2-6-7-5(3-4-9-7)8(11)10-6/h3-4,6,9H,2H2,1H3,(H,10,11)/t6-/m1/s1. The number of hydrogen-bond acceptors (Lipinski definition) is 1. The summed E-state index contributed by atoms with van der Waals surface area (Å²) in [6.07, 6.45) is 2.76. The van der Waals surface area contributed by atoms with Gasteiger partial charge in [-0.15, -0.1) is 0 Å². The largest absolute Gasteiger partial charge is 0.363 e. The molecule has 3 nitrogen and oxygen atoms in total. The molecular weight excluding hydrogens is 140 g/mol. The zero-order valence-corrected chi connectivity index (χ0v) is 6.35. The molecule has 2 rings (SSSR count). The molecule has 0 fully saturated rings. The maximum Gasteiger partial charge on any atom is 0.253 e. The molecule has 2 heterocycles. The summed E-state index contributed by atoms with van der Waals surface area (Å²) in [5.74, 6) is 0.0492. The molecule has 1 aromatic rings. The van der Waals surface area contributed by atoms with Crippen LogP contribution < -0.4 is 5.32 Å². The maximum atomic E-state index is 11.2. The molecule has 1 aliphatic rings. The number of hydrogen-bond donors (Lipinski definition) is 2. The summed E-state index contributed by atoms with van der Waals surface area (Å²) in [6, 6.07) is 2.02. The number of aromatic amines is 1. The second kappa shape index (κ2) is 2.12. The van der Waals surface area contributed by atoms with Crippen LogP contribution in [0.1, 0.15) is 35.4 Å². The van der Waals surface area contributed by atoms with Gasteiger partial charge in [0.25, 0.3) is 5.91 Å². The number of carbonyl (C=O) groups is 1. The number of nitrogens with one attached hydrogen (secondary N) is 2. The molecule has 1 aromatic heterocycles. The molecule has 11 heavy (non-hydrogen) atoms. The Morgan fingerprint density at radius 1 is 1.64 bits per heavy atom. The first-order valence-corrected chi connectivity index (χ1v) is 3.81.